The first-order chi connectivity index (χ1) is 9.65. The third-order valence-corrected chi connectivity index (χ3v) is 5.00. The van der Waals surface area contributed by atoms with Gasteiger partial charge in [0, 0.05) is 29.4 Å². The van der Waals surface area contributed by atoms with Crippen molar-refractivity contribution in [2.45, 2.75) is 25.6 Å². The van der Waals surface area contributed by atoms with E-state index in [4.69, 9.17) is 11.6 Å². The highest BCUT2D eigenvalue weighted by molar-refractivity contribution is 7.10. The lowest BCUT2D eigenvalue weighted by molar-refractivity contribution is -0.144. The molecule has 5 heteroatoms. The Kier molecular flexibility index (Phi) is 3.78. The molecule has 1 aliphatic rings. The van der Waals surface area contributed by atoms with E-state index in [2.05, 4.69) is 6.07 Å². The molecule has 0 amide bonds. The highest BCUT2D eigenvalue weighted by atomic mass is 35.5. The molecule has 3 rings (SSSR count). The van der Waals surface area contributed by atoms with Gasteiger partial charge in [-0.2, -0.15) is 0 Å². The lowest BCUT2D eigenvalue weighted by Gasteiger charge is -2.33. The lowest BCUT2D eigenvalue weighted by Crippen LogP contribution is -2.44. The molecular weight excluding hydrogens is 294 g/mol. The molecule has 0 aliphatic carbocycles. The number of thiophene rings is 1. The largest absolute Gasteiger partial charge is 0.480 e. The van der Waals surface area contributed by atoms with Crippen molar-refractivity contribution >= 4 is 28.9 Å². The van der Waals surface area contributed by atoms with Crippen molar-refractivity contribution < 1.29 is 9.90 Å². The zero-order valence-corrected chi connectivity index (χ0v) is 12.3. The smallest absolute Gasteiger partial charge is 0.321 e. The minimum Gasteiger partial charge on any atom is -0.480 e. The number of carbonyl (C=O) groups is 1. The van der Waals surface area contributed by atoms with Gasteiger partial charge in [0.15, 0.2) is 0 Å². The average Bonchev–Trinajstić information content (AvgIpc) is 2.87. The summed E-state index contributed by atoms with van der Waals surface area (Å²) >= 11 is 7.82. The highest BCUT2D eigenvalue weighted by Gasteiger charge is 2.32. The summed E-state index contributed by atoms with van der Waals surface area (Å²) in [5.41, 5.74) is 2.21. The van der Waals surface area contributed by atoms with Crippen molar-refractivity contribution in [2.24, 2.45) is 0 Å². The van der Waals surface area contributed by atoms with Crippen LogP contribution in [-0.2, 0) is 24.3 Å². The van der Waals surface area contributed by atoms with Crippen LogP contribution in [0.2, 0.25) is 5.02 Å². The predicted molar refractivity (Wildman–Crippen MR) is 80.1 cm³/mol. The molecular formula is C15H14ClNO2S. The molecule has 0 saturated carbocycles. The summed E-state index contributed by atoms with van der Waals surface area (Å²) in [4.78, 5) is 14.7. The predicted octanol–water partition coefficient (Wildman–Crippen LogP) is 3.41. The van der Waals surface area contributed by atoms with Crippen molar-refractivity contribution in [3.63, 3.8) is 0 Å². The minimum atomic E-state index is -0.767. The third-order valence-electron chi connectivity index (χ3n) is 3.65. The Morgan fingerprint density at radius 1 is 1.40 bits per heavy atom. The molecule has 1 aromatic heterocycles. The number of hydrogen-bond acceptors (Lipinski definition) is 3. The Hall–Kier alpha value is -1.36. The van der Waals surface area contributed by atoms with E-state index in [1.54, 1.807) is 11.3 Å². The maximum Gasteiger partial charge on any atom is 0.321 e. The van der Waals surface area contributed by atoms with Crippen LogP contribution in [0, 0.1) is 0 Å². The first-order valence-electron chi connectivity index (χ1n) is 6.40. The topological polar surface area (TPSA) is 40.5 Å². The van der Waals surface area contributed by atoms with Crippen LogP contribution < -0.4 is 0 Å². The summed E-state index contributed by atoms with van der Waals surface area (Å²) in [5.74, 6) is -0.767. The quantitative estimate of drug-likeness (QED) is 0.944. The Labute approximate surface area is 126 Å². The number of carboxylic acids is 1. The van der Waals surface area contributed by atoms with Crippen LogP contribution in [0.4, 0.5) is 0 Å². The van der Waals surface area contributed by atoms with E-state index >= 15 is 0 Å². The van der Waals surface area contributed by atoms with Gasteiger partial charge in [-0.25, -0.2) is 0 Å². The van der Waals surface area contributed by atoms with Gasteiger partial charge in [-0.15, -0.1) is 11.3 Å². The number of aliphatic carboxylic acids is 1. The second-order valence-electron chi connectivity index (χ2n) is 4.92. The maximum absolute atomic E-state index is 11.5. The summed E-state index contributed by atoms with van der Waals surface area (Å²) < 4.78 is 0. The molecule has 1 atom stereocenters. The molecule has 1 aliphatic heterocycles. The molecule has 0 saturated heterocycles. The molecule has 104 valence electrons. The summed E-state index contributed by atoms with van der Waals surface area (Å²) in [6, 6.07) is 9.21. The van der Waals surface area contributed by atoms with Crippen molar-refractivity contribution in [3.8, 4) is 0 Å². The molecule has 0 radical (unpaired) electrons. The van der Waals surface area contributed by atoms with Gasteiger partial charge in [0.25, 0.3) is 0 Å². The maximum atomic E-state index is 11.5. The van der Waals surface area contributed by atoms with Gasteiger partial charge in [-0.3, -0.25) is 9.69 Å². The molecule has 1 unspecified atom stereocenters. The lowest BCUT2D eigenvalue weighted by atomic mass is 10.0. The van der Waals surface area contributed by atoms with Crippen molar-refractivity contribution in [1.82, 2.24) is 4.90 Å². The molecule has 3 nitrogen and oxygen atoms in total. The van der Waals surface area contributed by atoms with Gasteiger partial charge in [-0.1, -0.05) is 29.8 Å². The van der Waals surface area contributed by atoms with Crippen LogP contribution in [-0.4, -0.2) is 22.0 Å². The van der Waals surface area contributed by atoms with E-state index in [0.29, 0.717) is 24.5 Å². The van der Waals surface area contributed by atoms with E-state index in [-0.39, 0.29) is 0 Å². The van der Waals surface area contributed by atoms with Crippen molar-refractivity contribution in [1.29, 1.82) is 0 Å². The number of fused-ring (bicyclic) bond motifs is 1. The molecule has 2 aromatic rings. The summed E-state index contributed by atoms with van der Waals surface area (Å²) in [6.07, 6.45) is 0.576. The van der Waals surface area contributed by atoms with Gasteiger partial charge >= 0.3 is 5.97 Å². The number of nitrogens with zero attached hydrogens (tertiary/aromatic N) is 1. The zero-order valence-electron chi connectivity index (χ0n) is 10.8. The van der Waals surface area contributed by atoms with E-state index in [1.165, 1.54) is 10.4 Å². The Morgan fingerprint density at radius 2 is 2.20 bits per heavy atom. The first kappa shape index (κ1) is 13.6. The second kappa shape index (κ2) is 5.56. The number of halogens is 1. The summed E-state index contributed by atoms with van der Waals surface area (Å²) in [5, 5.41) is 12.2. The normalized spacial score (nSPS) is 18.8. The van der Waals surface area contributed by atoms with Crippen molar-refractivity contribution in [2.75, 3.05) is 0 Å². The van der Waals surface area contributed by atoms with Gasteiger partial charge in [0.2, 0.25) is 0 Å². The standard InChI is InChI=1S/C15H14ClNO2S/c16-12-4-2-1-3-10(12)8-17-9-11-5-6-20-14(11)7-13(17)15(18)19/h1-6,13H,7-9H2,(H,18,19). The Morgan fingerprint density at radius 3 is 2.95 bits per heavy atom. The molecule has 0 fully saturated rings. The second-order valence-corrected chi connectivity index (χ2v) is 6.33. The van der Waals surface area contributed by atoms with E-state index in [0.717, 1.165) is 5.56 Å². The number of rotatable bonds is 3. The van der Waals surface area contributed by atoms with E-state index in [1.807, 2.05) is 34.5 Å². The average molecular weight is 308 g/mol. The van der Waals surface area contributed by atoms with Crippen LogP contribution in [0.15, 0.2) is 35.7 Å². The Balaban J connectivity index is 1.87. The van der Waals surface area contributed by atoms with E-state index < -0.39 is 12.0 Å². The fraction of sp³-hybridized carbons (Fsp3) is 0.267. The monoisotopic (exact) mass is 307 g/mol. The van der Waals surface area contributed by atoms with Crippen LogP contribution in [0.5, 0.6) is 0 Å². The molecule has 0 spiro atoms. The molecule has 20 heavy (non-hydrogen) atoms. The van der Waals surface area contributed by atoms with Crippen LogP contribution in [0.1, 0.15) is 16.0 Å². The molecule has 2 heterocycles. The van der Waals surface area contributed by atoms with Crippen LogP contribution >= 0.6 is 22.9 Å². The number of carboxylic acid groups (broad SMARTS) is 1. The highest BCUT2D eigenvalue weighted by Crippen LogP contribution is 2.30. The summed E-state index contributed by atoms with van der Waals surface area (Å²) in [7, 11) is 0. The Bertz CT molecular complexity index is 640. The minimum absolute atomic E-state index is 0.475. The van der Waals surface area contributed by atoms with Crippen LogP contribution in [0.3, 0.4) is 0 Å². The van der Waals surface area contributed by atoms with Gasteiger partial charge in [0.05, 0.1) is 0 Å². The SMILES string of the molecule is O=C(O)C1Cc2sccc2CN1Cc1ccccc1Cl. The van der Waals surface area contributed by atoms with Crippen molar-refractivity contribution in [3.05, 3.63) is 56.7 Å². The summed E-state index contributed by atoms with van der Waals surface area (Å²) in [6.45, 7) is 1.23. The van der Waals surface area contributed by atoms with Gasteiger partial charge < -0.3 is 5.11 Å². The zero-order chi connectivity index (χ0) is 14.1. The van der Waals surface area contributed by atoms with E-state index in [9.17, 15) is 9.90 Å². The molecule has 1 N–H and O–H groups in total. The van der Waals surface area contributed by atoms with Gasteiger partial charge in [0.1, 0.15) is 6.04 Å². The number of benzene rings is 1. The van der Waals surface area contributed by atoms with Crippen LogP contribution in [0.25, 0.3) is 0 Å². The first-order valence-corrected chi connectivity index (χ1v) is 7.66. The fourth-order valence-electron chi connectivity index (χ4n) is 2.58. The fourth-order valence-corrected chi connectivity index (χ4v) is 3.71. The third kappa shape index (κ3) is 2.59. The molecule has 1 aromatic carbocycles. The van der Waals surface area contributed by atoms with Gasteiger partial charge in [-0.05, 0) is 28.6 Å². The number of hydrogen-bond donors (Lipinski definition) is 1. The molecule has 0 bridgehead atoms.